The van der Waals surface area contributed by atoms with Crippen molar-refractivity contribution in [1.82, 2.24) is 5.32 Å². The number of amides is 1. The summed E-state index contributed by atoms with van der Waals surface area (Å²) in [6.45, 7) is 2.95. The lowest BCUT2D eigenvalue weighted by molar-refractivity contribution is -0.181. The van der Waals surface area contributed by atoms with Gasteiger partial charge in [0.2, 0.25) is 5.54 Å². The van der Waals surface area contributed by atoms with E-state index >= 15 is 0 Å². The number of carboxylic acid groups (broad SMARTS) is 1. The van der Waals surface area contributed by atoms with E-state index in [2.05, 4.69) is 6.58 Å². The summed E-state index contributed by atoms with van der Waals surface area (Å²) < 4.78 is 60.7. The van der Waals surface area contributed by atoms with Gasteiger partial charge in [-0.2, -0.15) is 13.2 Å². The number of halogens is 5. The van der Waals surface area contributed by atoms with E-state index in [0.29, 0.717) is 6.08 Å². The molecule has 9 heteroatoms. The zero-order valence-corrected chi connectivity index (χ0v) is 8.22. The van der Waals surface area contributed by atoms with Crippen LogP contribution >= 0.6 is 0 Å². The van der Waals surface area contributed by atoms with Crippen molar-refractivity contribution in [1.29, 1.82) is 0 Å². The van der Waals surface area contributed by atoms with Gasteiger partial charge in [-0.1, -0.05) is 6.08 Å². The molecule has 0 fully saturated rings. The highest BCUT2D eigenvalue weighted by Crippen LogP contribution is 2.24. The highest BCUT2D eigenvalue weighted by molar-refractivity contribution is 5.90. The van der Waals surface area contributed by atoms with Crippen LogP contribution in [0.25, 0.3) is 0 Å². The van der Waals surface area contributed by atoms with E-state index in [-0.39, 0.29) is 0 Å². The molecule has 0 saturated carbocycles. The quantitative estimate of drug-likeness (QED) is 0.579. The van der Waals surface area contributed by atoms with Crippen LogP contribution in [0.1, 0.15) is 6.42 Å². The van der Waals surface area contributed by atoms with Gasteiger partial charge in [0.1, 0.15) is 0 Å². The molecule has 0 aliphatic heterocycles. The third-order valence-corrected chi connectivity index (χ3v) is 1.81. The van der Waals surface area contributed by atoms with Crippen LogP contribution in [-0.2, 0) is 9.59 Å². The molecular weight excluding hydrogens is 253 g/mol. The fraction of sp³-hybridized carbons (Fsp3) is 0.500. The molecule has 1 atom stereocenters. The molecule has 0 saturated heterocycles. The third-order valence-electron chi connectivity index (χ3n) is 1.81. The predicted molar refractivity (Wildman–Crippen MR) is 45.4 cm³/mol. The standard InChI is InChI=1S/C8H8F5NO3/c1-2-3-7(4(9)10,6(16)17)14-5(15)8(11,12)13/h2,4H,1,3H2,(H,14,15)(H,16,17). The van der Waals surface area contributed by atoms with Gasteiger partial charge in [-0.25, -0.2) is 13.6 Å². The van der Waals surface area contributed by atoms with E-state index in [9.17, 15) is 31.5 Å². The summed E-state index contributed by atoms with van der Waals surface area (Å²) in [5.74, 6) is -5.02. The Labute approximate surface area is 92.1 Å². The van der Waals surface area contributed by atoms with Crippen LogP contribution in [0.3, 0.4) is 0 Å². The van der Waals surface area contributed by atoms with Crippen LogP contribution in [0, 0.1) is 0 Å². The predicted octanol–water partition coefficient (Wildman–Crippen LogP) is 1.33. The van der Waals surface area contributed by atoms with E-state index in [1.807, 2.05) is 0 Å². The topological polar surface area (TPSA) is 66.4 Å². The lowest BCUT2D eigenvalue weighted by Crippen LogP contribution is -2.61. The average molecular weight is 261 g/mol. The van der Waals surface area contributed by atoms with Crippen LogP contribution in [0.5, 0.6) is 0 Å². The van der Waals surface area contributed by atoms with Gasteiger partial charge in [0.15, 0.2) is 0 Å². The largest absolute Gasteiger partial charge is 0.479 e. The first-order chi connectivity index (χ1) is 7.58. The molecule has 4 nitrogen and oxygen atoms in total. The lowest BCUT2D eigenvalue weighted by atomic mass is 9.95. The van der Waals surface area contributed by atoms with Gasteiger partial charge in [-0.15, -0.1) is 6.58 Å². The smallest absolute Gasteiger partial charge is 0.471 e. The number of carbonyl (C=O) groups is 2. The molecule has 0 aromatic rings. The summed E-state index contributed by atoms with van der Waals surface area (Å²) in [4.78, 5) is 21.1. The summed E-state index contributed by atoms with van der Waals surface area (Å²) in [6, 6.07) is 0. The van der Waals surface area contributed by atoms with Gasteiger partial charge in [-0.3, -0.25) is 4.79 Å². The minimum atomic E-state index is -5.45. The van der Waals surface area contributed by atoms with E-state index in [4.69, 9.17) is 5.11 Å². The Bertz CT molecular complexity index is 328. The summed E-state index contributed by atoms with van der Waals surface area (Å²) in [5, 5.41) is 9.32. The molecule has 2 N–H and O–H groups in total. The van der Waals surface area contributed by atoms with Crippen molar-refractivity contribution in [2.75, 3.05) is 0 Å². The fourth-order valence-electron chi connectivity index (χ4n) is 0.930. The summed E-state index contributed by atoms with van der Waals surface area (Å²) in [7, 11) is 0. The first-order valence-electron chi connectivity index (χ1n) is 4.09. The molecule has 0 aliphatic carbocycles. The Hall–Kier alpha value is -1.67. The highest BCUT2D eigenvalue weighted by atomic mass is 19.4. The Kier molecular flexibility index (Phi) is 4.60. The minimum Gasteiger partial charge on any atom is -0.479 e. The fourth-order valence-corrected chi connectivity index (χ4v) is 0.930. The average Bonchev–Trinajstić information content (AvgIpc) is 2.14. The summed E-state index contributed by atoms with van der Waals surface area (Å²) in [6.07, 6.45) is -9.53. The van der Waals surface area contributed by atoms with Crippen molar-refractivity contribution in [2.45, 2.75) is 24.6 Å². The van der Waals surface area contributed by atoms with Gasteiger partial charge in [0.05, 0.1) is 0 Å². The number of hydrogen-bond donors (Lipinski definition) is 2. The van der Waals surface area contributed by atoms with Gasteiger partial charge in [0, 0.05) is 6.42 Å². The van der Waals surface area contributed by atoms with E-state index in [1.54, 1.807) is 0 Å². The normalized spacial score (nSPS) is 15.2. The molecule has 1 unspecified atom stereocenters. The number of rotatable bonds is 5. The van der Waals surface area contributed by atoms with Crippen LogP contribution in [-0.4, -0.2) is 35.1 Å². The molecule has 98 valence electrons. The summed E-state index contributed by atoms with van der Waals surface area (Å²) in [5.41, 5.74) is -3.33. The molecular formula is C8H8F5NO3. The van der Waals surface area contributed by atoms with Crippen LogP contribution in [0.4, 0.5) is 22.0 Å². The number of carbonyl (C=O) groups excluding carboxylic acids is 1. The first kappa shape index (κ1) is 15.3. The highest BCUT2D eigenvalue weighted by Gasteiger charge is 2.52. The van der Waals surface area contributed by atoms with Gasteiger partial charge < -0.3 is 10.4 Å². The molecule has 0 aromatic carbocycles. The zero-order chi connectivity index (χ0) is 13.9. The molecule has 1 amide bonds. The van der Waals surface area contributed by atoms with Crippen molar-refractivity contribution >= 4 is 11.9 Å². The van der Waals surface area contributed by atoms with Crippen LogP contribution < -0.4 is 5.32 Å². The number of hydrogen-bond acceptors (Lipinski definition) is 2. The van der Waals surface area contributed by atoms with Crippen molar-refractivity contribution < 1.29 is 36.6 Å². The van der Waals surface area contributed by atoms with Crippen LogP contribution in [0.2, 0.25) is 0 Å². The molecule has 0 aliphatic rings. The number of nitrogens with one attached hydrogen (secondary N) is 1. The maximum absolute atomic E-state index is 12.5. The van der Waals surface area contributed by atoms with Crippen molar-refractivity contribution in [3.8, 4) is 0 Å². The Morgan fingerprint density at radius 1 is 1.35 bits per heavy atom. The molecule has 17 heavy (non-hydrogen) atoms. The minimum absolute atomic E-state index is 0.678. The second kappa shape index (κ2) is 5.11. The van der Waals surface area contributed by atoms with E-state index < -0.39 is 36.4 Å². The zero-order valence-electron chi connectivity index (χ0n) is 8.22. The van der Waals surface area contributed by atoms with Gasteiger partial charge in [0.25, 0.3) is 6.43 Å². The van der Waals surface area contributed by atoms with E-state index in [1.165, 1.54) is 0 Å². The monoisotopic (exact) mass is 261 g/mol. The third kappa shape index (κ3) is 3.40. The van der Waals surface area contributed by atoms with Crippen molar-refractivity contribution in [3.05, 3.63) is 12.7 Å². The maximum Gasteiger partial charge on any atom is 0.471 e. The molecule has 0 aromatic heterocycles. The number of carboxylic acids is 1. The Morgan fingerprint density at radius 2 is 1.82 bits per heavy atom. The summed E-state index contributed by atoms with van der Waals surface area (Å²) >= 11 is 0. The maximum atomic E-state index is 12.5. The number of aliphatic carboxylic acids is 1. The molecule has 0 radical (unpaired) electrons. The second-order valence-electron chi connectivity index (χ2n) is 3.02. The van der Waals surface area contributed by atoms with Crippen molar-refractivity contribution in [2.24, 2.45) is 0 Å². The van der Waals surface area contributed by atoms with Crippen molar-refractivity contribution in [3.63, 3.8) is 0 Å². The Morgan fingerprint density at radius 3 is 2.06 bits per heavy atom. The molecule has 0 rings (SSSR count). The van der Waals surface area contributed by atoms with E-state index in [0.717, 1.165) is 5.32 Å². The van der Waals surface area contributed by atoms with Crippen LogP contribution in [0.15, 0.2) is 12.7 Å². The molecule has 0 spiro atoms. The number of alkyl halides is 5. The molecule has 0 heterocycles. The first-order valence-corrected chi connectivity index (χ1v) is 4.09. The SMILES string of the molecule is C=CCC(NC(=O)C(F)(F)F)(C(=O)O)C(F)F. The second-order valence-corrected chi connectivity index (χ2v) is 3.02. The molecule has 0 bridgehead atoms. The lowest BCUT2D eigenvalue weighted by Gasteiger charge is -2.28. The van der Waals surface area contributed by atoms with Gasteiger partial charge >= 0.3 is 18.1 Å². The van der Waals surface area contributed by atoms with Gasteiger partial charge in [-0.05, 0) is 0 Å². The Balaban J connectivity index is 5.26.